The molecule has 0 aliphatic carbocycles. The first-order chi connectivity index (χ1) is 4.26. The fraction of sp³-hybridized carbons (Fsp3) is 1.00. The monoisotopic (exact) mass is 152 g/mol. The molecule has 9 heavy (non-hydrogen) atoms. The Labute approximate surface area is 59.6 Å². The Kier molecular flexibility index (Phi) is 5.12. The molecule has 0 heterocycles. The highest BCUT2D eigenvalue weighted by molar-refractivity contribution is 7.80. The van der Waals surface area contributed by atoms with E-state index in [0.29, 0.717) is 5.75 Å². The van der Waals surface area contributed by atoms with Gasteiger partial charge in [0.05, 0.1) is 6.04 Å². The Morgan fingerprint density at radius 1 is 1.67 bits per heavy atom. The van der Waals surface area contributed by atoms with Gasteiger partial charge in [-0.15, -0.1) is 0 Å². The average Bonchev–Trinajstić information content (AvgIpc) is 1.90. The molecule has 56 valence electrons. The van der Waals surface area contributed by atoms with Gasteiger partial charge in [0.1, 0.15) is 6.23 Å². The standard InChI is InChI=1S/C4H12N2O2S/c1-5-3(2-9)4(7)6-8/h3-9H,2H2,1H3. The predicted octanol–water partition coefficient (Wildman–Crippen LogP) is -1.20. The molecule has 0 bridgehead atoms. The number of nitrogens with one attached hydrogen (secondary N) is 2. The van der Waals surface area contributed by atoms with Crippen molar-refractivity contribution < 1.29 is 10.3 Å². The molecule has 0 amide bonds. The molecule has 0 aliphatic rings. The van der Waals surface area contributed by atoms with Crippen molar-refractivity contribution >= 4 is 12.6 Å². The van der Waals surface area contributed by atoms with Crippen molar-refractivity contribution in [1.82, 2.24) is 10.8 Å². The van der Waals surface area contributed by atoms with Gasteiger partial charge in [-0.2, -0.15) is 18.1 Å². The maximum Gasteiger partial charge on any atom is 0.142 e. The fourth-order valence-electron chi connectivity index (χ4n) is 0.439. The van der Waals surface area contributed by atoms with Crippen LogP contribution < -0.4 is 10.8 Å². The van der Waals surface area contributed by atoms with Crippen LogP contribution in [-0.2, 0) is 0 Å². The molecular formula is C4H12N2O2S. The van der Waals surface area contributed by atoms with E-state index in [9.17, 15) is 0 Å². The number of aliphatic hydroxyl groups is 1. The summed E-state index contributed by atoms with van der Waals surface area (Å²) in [5, 5.41) is 19.8. The highest BCUT2D eigenvalue weighted by Gasteiger charge is 2.12. The Morgan fingerprint density at radius 2 is 2.22 bits per heavy atom. The summed E-state index contributed by atoms with van der Waals surface area (Å²) < 4.78 is 0. The summed E-state index contributed by atoms with van der Waals surface area (Å²) in [6.45, 7) is 0. The van der Waals surface area contributed by atoms with Crippen molar-refractivity contribution in [2.75, 3.05) is 12.8 Å². The zero-order valence-electron chi connectivity index (χ0n) is 5.20. The number of aliphatic hydroxyl groups excluding tert-OH is 1. The number of hydrogen-bond donors (Lipinski definition) is 5. The molecule has 0 aromatic carbocycles. The van der Waals surface area contributed by atoms with Crippen LogP contribution in [0.1, 0.15) is 0 Å². The Hall–Kier alpha value is 0.190. The van der Waals surface area contributed by atoms with Gasteiger partial charge in [0.15, 0.2) is 0 Å². The number of thiol groups is 1. The second-order valence-electron chi connectivity index (χ2n) is 1.65. The van der Waals surface area contributed by atoms with Gasteiger partial charge in [0.2, 0.25) is 0 Å². The van der Waals surface area contributed by atoms with Crippen LogP contribution in [0.25, 0.3) is 0 Å². The van der Waals surface area contributed by atoms with Crippen LogP contribution in [-0.4, -0.2) is 35.4 Å². The summed E-state index contributed by atoms with van der Waals surface area (Å²) in [6.07, 6.45) is -0.951. The van der Waals surface area contributed by atoms with Crippen LogP contribution in [0.4, 0.5) is 0 Å². The van der Waals surface area contributed by atoms with E-state index in [0.717, 1.165) is 0 Å². The summed E-state index contributed by atoms with van der Waals surface area (Å²) in [5.74, 6) is 0.464. The van der Waals surface area contributed by atoms with E-state index < -0.39 is 6.23 Å². The quantitative estimate of drug-likeness (QED) is 0.199. The summed E-state index contributed by atoms with van der Waals surface area (Å²) in [6, 6.07) is -0.224. The lowest BCUT2D eigenvalue weighted by Crippen LogP contribution is -2.46. The molecule has 0 aliphatic heterocycles. The summed E-state index contributed by atoms with van der Waals surface area (Å²) in [5.41, 5.74) is 1.71. The van der Waals surface area contributed by atoms with Crippen molar-refractivity contribution in [2.45, 2.75) is 12.3 Å². The van der Waals surface area contributed by atoms with Crippen molar-refractivity contribution in [3.8, 4) is 0 Å². The average molecular weight is 152 g/mol. The largest absolute Gasteiger partial charge is 0.375 e. The van der Waals surface area contributed by atoms with Gasteiger partial charge < -0.3 is 15.6 Å². The summed E-state index contributed by atoms with van der Waals surface area (Å²) in [7, 11) is 1.68. The smallest absolute Gasteiger partial charge is 0.142 e. The van der Waals surface area contributed by atoms with Gasteiger partial charge in [-0.25, -0.2) is 0 Å². The number of likely N-dealkylation sites (N-methyl/N-ethyl adjacent to an activating group) is 1. The van der Waals surface area contributed by atoms with E-state index in [1.807, 2.05) is 0 Å². The van der Waals surface area contributed by atoms with Crippen molar-refractivity contribution in [3.05, 3.63) is 0 Å². The van der Waals surface area contributed by atoms with E-state index in [1.165, 1.54) is 0 Å². The van der Waals surface area contributed by atoms with Crippen molar-refractivity contribution in [3.63, 3.8) is 0 Å². The minimum Gasteiger partial charge on any atom is -0.375 e. The zero-order chi connectivity index (χ0) is 7.28. The van der Waals surface area contributed by atoms with E-state index >= 15 is 0 Å². The molecular weight excluding hydrogens is 140 g/mol. The first-order valence-corrected chi connectivity index (χ1v) is 3.25. The van der Waals surface area contributed by atoms with Crippen molar-refractivity contribution in [2.24, 2.45) is 0 Å². The third-order valence-electron chi connectivity index (χ3n) is 1.08. The number of rotatable bonds is 4. The van der Waals surface area contributed by atoms with Crippen LogP contribution in [0.5, 0.6) is 0 Å². The van der Waals surface area contributed by atoms with Crippen LogP contribution in [0.2, 0.25) is 0 Å². The summed E-state index contributed by atoms with van der Waals surface area (Å²) >= 11 is 3.92. The van der Waals surface area contributed by atoms with Crippen LogP contribution in [0, 0.1) is 0 Å². The Bertz CT molecular complexity index is 69.6. The van der Waals surface area contributed by atoms with Gasteiger partial charge in [0, 0.05) is 5.75 Å². The molecule has 0 radical (unpaired) electrons. The van der Waals surface area contributed by atoms with Gasteiger partial charge in [-0.3, -0.25) is 0 Å². The molecule has 4 nitrogen and oxygen atoms in total. The fourth-order valence-corrected chi connectivity index (χ4v) is 0.821. The minimum absolute atomic E-state index is 0.224. The molecule has 0 saturated heterocycles. The second kappa shape index (κ2) is 5.01. The molecule has 0 saturated carbocycles. The van der Waals surface area contributed by atoms with E-state index in [-0.39, 0.29) is 6.04 Å². The third kappa shape index (κ3) is 3.02. The second-order valence-corrected chi connectivity index (χ2v) is 2.02. The third-order valence-corrected chi connectivity index (χ3v) is 1.47. The topological polar surface area (TPSA) is 64.5 Å². The first-order valence-electron chi connectivity index (χ1n) is 2.62. The normalized spacial score (nSPS) is 17.3. The minimum atomic E-state index is -0.951. The molecule has 0 aromatic heterocycles. The lowest BCUT2D eigenvalue weighted by Gasteiger charge is -2.17. The molecule has 0 rings (SSSR count). The van der Waals surface area contributed by atoms with Gasteiger partial charge >= 0.3 is 0 Å². The lowest BCUT2D eigenvalue weighted by molar-refractivity contribution is -0.0144. The van der Waals surface area contributed by atoms with E-state index in [1.54, 1.807) is 12.5 Å². The maximum atomic E-state index is 8.85. The van der Waals surface area contributed by atoms with Gasteiger partial charge in [0.25, 0.3) is 0 Å². The highest BCUT2D eigenvalue weighted by atomic mass is 32.1. The highest BCUT2D eigenvalue weighted by Crippen LogP contribution is 1.90. The molecule has 2 unspecified atom stereocenters. The van der Waals surface area contributed by atoms with Gasteiger partial charge in [-0.1, -0.05) is 0 Å². The number of hydrogen-bond acceptors (Lipinski definition) is 5. The van der Waals surface area contributed by atoms with Crippen LogP contribution in [0.3, 0.4) is 0 Å². The molecule has 0 spiro atoms. The molecule has 0 fully saturated rings. The first kappa shape index (κ1) is 9.19. The predicted molar refractivity (Wildman–Crippen MR) is 37.6 cm³/mol. The van der Waals surface area contributed by atoms with E-state index in [2.05, 4.69) is 17.9 Å². The molecule has 2 atom stereocenters. The maximum absolute atomic E-state index is 8.85. The molecule has 4 N–H and O–H groups in total. The van der Waals surface area contributed by atoms with Crippen molar-refractivity contribution in [1.29, 1.82) is 0 Å². The van der Waals surface area contributed by atoms with Crippen LogP contribution in [0.15, 0.2) is 0 Å². The number of hydroxylamine groups is 1. The van der Waals surface area contributed by atoms with E-state index in [4.69, 9.17) is 10.3 Å². The Balaban J connectivity index is 3.50. The van der Waals surface area contributed by atoms with Gasteiger partial charge in [-0.05, 0) is 7.05 Å². The Morgan fingerprint density at radius 3 is 2.33 bits per heavy atom. The van der Waals surface area contributed by atoms with Crippen LogP contribution >= 0.6 is 12.6 Å². The SMILES string of the molecule is CNC(CS)C(O)NO. The molecule has 0 aromatic rings. The summed E-state index contributed by atoms with van der Waals surface area (Å²) in [4.78, 5) is 0. The lowest BCUT2D eigenvalue weighted by atomic mass is 10.3. The molecule has 5 heteroatoms. The zero-order valence-corrected chi connectivity index (χ0v) is 6.10.